The zero-order valence-electron chi connectivity index (χ0n) is 52.9. The minimum Gasteiger partial charge on any atom is -0.462 e. The van der Waals surface area contributed by atoms with Crippen molar-refractivity contribution in [1.82, 2.24) is 0 Å². The Morgan fingerprint density at radius 1 is 0.367 bits per heavy atom. The molecule has 0 amide bonds. The number of unbranched alkanes of at least 4 members (excludes halogenated alkanes) is 53. The Labute approximate surface area is 491 Å². The molecule has 0 aromatic rings. The van der Waals surface area contributed by atoms with Gasteiger partial charge in [0.05, 0.1) is 13.2 Å². The van der Waals surface area contributed by atoms with Gasteiger partial charge in [-0.1, -0.05) is 347 Å². The van der Waals surface area contributed by atoms with Gasteiger partial charge >= 0.3 is 19.8 Å². The molecule has 0 aliphatic rings. The fourth-order valence-electron chi connectivity index (χ4n) is 10.9. The number of phosphoric ester groups is 1. The monoisotopic (exact) mass is 1140 g/mol. The first-order valence-corrected chi connectivity index (χ1v) is 36.7. The van der Waals surface area contributed by atoms with Crippen molar-refractivity contribution in [1.29, 1.82) is 0 Å². The van der Waals surface area contributed by atoms with Crippen LogP contribution in [0.5, 0.6) is 0 Å². The van der Waals surface area contributed by atoms with Gasteiger partial charge in [0.15, 0.2) is 6.10 Å². The van der Waals surface area contributed by atoms with E-state index in [9.17, 15) is 19.0 Å². The van der Waals surface area contributed by atoms with Crippen LogP contribution in [0, 0.1) is 0 Å². The summed E-state index contributed by atoms with van der Waals surface area (Å²) in [5.41, 5.74) is 5.40. The lowest BCUT2D eigenvalue weighted by molar-refractivity contribution is -0.161. The summed E-state index contributed by atoms with van der Waals surface area (Å²) in [6.45, 7) is 3.83. The van der Waals surface area contributed by atoms with Crippen LogP contribution < -0.4 is 5.73 Å². The second-order valence-corrected chi connectivity index (χ2v) is 25.6. The molecule has 470 valence electrons. The van der Waals surface area contributed by atoms with E-state index in [1.54, 1.807) is 0 Å². The first-order chi connectivity index (χ1) is 38.8. The second kappa shape index (κ2) is 65.9. The molecule has 0 radical (unpaired) electrons. The van der Waals surface area contributed by atoms with Gasteiger partial charge in [0, 0.05) is 19.4 Å². The molecule has 2 atom stereocenters. The molecule has 0 saturated heterocycles. The summed E-state index contributed by atoms with van der Waals surface area (Å²) >= 11 is 0. The molecular weight excluding hydrogens is 1000 g/mol. The molecule has 0 rings (SSSR count). The smallest absolute Gasteiger partial charge is 0.462 e. The molecule has 10 heteroatoms. The van der Waals surface area contributed by atoms with Crippen molar-refractivity contribution in [2.45, 2.75) is 392 Å². The number of carbonyl (C=O) groups is 2. The molecular formula is C69H136NO8P. The Balaban J connectivity index is 3.77. The van der Waals surface area contributed by atoms with Gasteiger partial charge in [-0.2, -0.15) is 0 Å². The van der Waals surface area contributed by atoms with Gasteiger partial charge in [-0.15, -0.1) is 0 Å². The van der Waals surface area contributed by atoms with E-state index in [-0.39, 0.29) is 38.6 Å². The number of allylic oxidation sites excluding steroid dienone is 2. The van der Waals surface area contributed by atoms with Crippen molar-refractivity contribution in [3.8, 4) is 0 Å². The molecule has 0 aliphatic carbocycles. The maximum Gasteiger partial charge on any atom is 0.472 e. The van der Waals surface area contributed by atoms with Gasteiger partial charge in [-0.3, -0.25) is 18.6 Å². The van der Waals surface area contributed by atoms with Crippen molar-refractivity contribution < 1.29 is 37.6 Å². The summed E-state index contributed by atoms with van der Waals surface area (Å²) < 4.78 is 33.2. The van der Waals surface area contributed by atoms with Crippen molar-refractivity contribution >= 4 is 19.8 Å². The van der Waals surface area contributed by atoms with Gasteiger partial charge in [0.1, 0.15) is 6.61 Å². The second-order valence-electron chi connectivity index (χ2n) is 24.1. The number of hydrogen-bond acceptors (Lipinski definition) is 8. The third-order valence-electron chi connectivity index (χ3n) is 16.2. The van der Waals surface area contributed by atoms with Crippen LogP contribution in [0.3, 0.4) is 0 Å². The maximum atomic E-state index is 12.7. The van der Waals surface area contributed by atoms with Gasteiger partial charge in [0.25, 0.3) is 0 Å². The molecule has 0 saturated carbocycles. The molecule has 2 unspecified atom stereocenters. The molecule has 79 heavy (non-hydrogen) atoms. The van der Waals surface area contributed by atoms with E-state index in [1.807, 2.05) is 0 Å². The average Bonchev–Trinajstić information content (AvgIpc) is 3.44. The molecule has 3 N–H and O–H groups in total. The highest BCUT2D eigenvalue weighted by Crippen LogP contribution is 2.43. The average molecular weight is 1140 g/mol. The number of nitrogens with two attached hydrogens (primary N) is 1. The summed E-state index contributed by atoms with van der Waals surface area (Å²) in [6.07, 6.45) is 78.9. The number of phosphoric acid groups is 1. The van der Waals surface area contributed by atoms with Crippen LogP contribution in [0.4, 0.5) is 0 Å². The quantitative estimate of drug-likeness (QED) is 0.0264. The van der Waals surface area contributed by atoms with Crippen LogP contribution in [0.1, 0.15) is 386 Å². The molecule has 0 spiro atoms. The molecule has 0 bridgehead atoms. The topological polar surface area (TPSA) is 134 Å². The van der Waals surface area contributed by atoms with Crippen LogP contribution in [-0.4, -0.2) is 49.3 Å². The highest BCUT2D eigenvalue weighted by atomic mass is 31.2. The minimum absolute atomic E-state index is 0.0570. The van der Waals surface area contributed by atoms with Gasteiger partial charge < -0.3 is 20.1 Å². The first-order valence-electron chi connectivity index (χ1n) is 35.2. The Morgan fingerprint density at radius 2 is 0.620 bits per heavy atom. The first kappa shape index (κ1) is 77.8. The molecule has 0 aromatic carbocycles. The third-order valence-corrected chi connectivity index (χ3v) is 17.1. The lowest BCUT2D eigenvalue weighted by Crippen LogP contribution is -2.29. The minimum atomic E-state index is -4.39. The zero-order chi connectivity index (χ0) is 57.3. The number of hydrogen-bond donors (Lipinski definition) is 2. The zero-order valence-corrected chi connectivity index (χ0v) is 53.8. The molecule has 0 heterocycles. The summed E-state index contributed by atoms with van der Waals surface area (Å²) in [6, 6.07) is 0. The van der Waals surface area contributed by atoms with Crippen LogP contribution in [0.2, 0.25) is 0 Å². The van der Waals surface area contributed by atoms with E-state index in [0.717, 1.165) is 32.1 Å². The lowest BCUT2D eigenvalue weighted by Gasteiger charge is -2.19. The van der Waals surface area contributed by atoms with Gasteiger partial charge in [-0.25, -0.2) is 4.57 Å². The maximum absolute atomic E-state index is 12.7. The lowest BCUT2D eigenvalue weighted by atomic mass is 10.0. The van der Waals surface area contributed by atoms with Crippen LogP contribution >= 0.6 is 7.82 Å². The van der Waals surface area contributed by atoms with Crippen molar-refractivity contribution in [2.24, 2.45) is 5.73 Å². The third kappa shape index (κ3) is 65.8. The van der Waals surface area contributed by atoms with Crippen LogP contribution in [0.25, 0.3) is 0 Å². The van der Waals surface area contributed by atoms with E-state index in [1.165, 1.54) is 321 Å². The Kier molecular flexibility index (Phi) is 64.9. The van der Waals surface area contributed by atoms with Crippen molar-refractivity contribution in [3.05, 3.63) is 12.2 Å². The fourth-order valence-corrected chi connectivity index (χ4v) is 11.7. The molecule has 0 aromatic heterocycles. The predicted molar refractivity (Wildman–Crippen MR) is 340 cm³/mol. The van der Waals surface area contributed by atoms with E-state index in [0.29, 0.717) is 6.42 Å². The Hall–Kier alpha value is -1.25. The van der Waals surface area contributed by atoms with E-state index < -0.39 is 26.5 Å². The molecule has 0 aliphatic heterocycles. The van der Waals surface area contributed by atoms with Crippen LogP contribution in [0.15, 0.2) is 12.2 Å². The predicted octanol–water partition coefficient (Wildman–Crippen LogP) is 22.8. The highest BCUT2D eigenvalue weighted by Gasteiger charge is 2.26. The summed E-state index contributed by atoms with van der Waals surface area (Å²) in [5, 5.41) is 0. The Bertz CT molecular complexity index is 1300. The van der Waals surface area contributed by atoms with E-state index >= 15 is 0 Å². The number of ether oxygens (including phenoxy) is 2. The fraction of sp³-hybridized carbons (Fsp3) is 0.942. The number of esters is 2. The number of carbonyl (C=O) groups excluding carboxylic acids is 2. The van der Waals surface area contributed by atoms with Crippen molar-refractivity contribution in [2.75, 3.05) is 26.4 Å². The standard InChI is InChI=1S/C69H136NO8P/c1-3-5-7-9-11-13-15-17-19-21-23-25-27-28-29-30-31-32-33-34-35-36-37-38-40-41-43-45-47-49-51-53-55-57-59-61-68(71)75-65-67(66-77-79(73,74)76-64-63-70)78-69(72)62-60-58-56-54-52-50-48-46-44-42-39-26-24-22-20-18-16-14-12-10-8-6-4-2/h22,24,67H,3-21,23,25-66,70H2,1-2H3,(H,73,74)/b24-22-. The van der Waals surface area contributed by atoms with Gasteiger partial charge in [-0.05, 0) is 38.5 Å². The summed E-state index contributed by atoms with van der Waals surface area (Å²) in [7, 11) is -4.39. The van der Waals surface area contributed by atoms with Crippen molar-refractivity contribution in [3.63, 3.8) is 0 Å². The molecule has 9 nitrogen and oxygen atoms in total. The molecule has 0 fully saturated rings. The SMILES string of the molecule is CCCCCCCCCC/C=C\CCCCCCCCCCCCCC(=O)OC(COC(=O)CCCCCCCCCCCCCCCCCCCCCCCCCCCCCCCCCCCCC)COP(=O)(O)OCCN. The highest BCUT2D eigenvalue weighted by molar-refractivity contribution is 7.47. The van der Waals surface area contributed by atoms with E-state index in [2.05, 4.69) is 26.0 Å². The normalized spacial score (nSPS) is 12.9. The largest absolute Gasteiger partial charge is 0.472 e. The van der Waals surface area contributed by atoms with E-state index in [4.69, 9.17) is 24.3 Å². The summed E-state index contributed by atoms with van der Waals surface area (Å²) in [4.78, 5) is 35.3. The Morgan fingerprint density at radius 3 is 0.899 bits per heavy atom. The summed E-state index contributed by atoms with van der Waals surface area (Å²) in [5.74, 6) is -0.804. The number of rotatable bonds is 68. The van der Waals surface area contributed by atoms with Gasteiger partial charge in [0.2, 0.25) is 0 Å². The van der Waals surface area contributed by atoms with Crippen LogP contribution in [-0.2, 0) is 32.7 Å².